The number of halogens is 1. The van der Waals surface area contributed by atoms with Gasteiger partial charge in [0.05, 0.1) is 12.8 Å². The highest BCUT2D eigenvalue weighted by Gasteiger charge is 2.31. The number of nitrogens with one attached hydrogen (secondary N) is 1. The molecule has 33 heavy (non-hydrogen) atoms. The Labute approximate surface area is 200 Å². The van der Waals surface area contributed by atoms with Crippen LogP contribution in [-0.4, -0.2) is 34.1 Å². The standard InChI is InChI=1S/C25H22ClN5OS/c1-32-16-8-6-15(7-9-16)12-21-29-30-22-14-28-24(17-4-2-3-5-19(17)26)23-18-10-11-27-13-20(18)33-25(23)31(21)22/h2-9,27H,10-14H2,1H3. The number of rotatable bonds is 4. The van der Waals surface area contributed by atoms with Crippen LogP contribution in [0.4, 0.5) is 0 Å². The van der Waals surface area contributed by atoms with Crippen molar-refractivity contribution in [3.8, 4) is 10.8 Å². The minimum atomic E-state index is 0.463. The zero-order chi connectivity index (χ0) is 22.4. The molecule has 0 radical (unpaired) electrons. The fraction of sp³-hybridized carbons (Fsp3) is 0.240. The van der Waals surface area contributed by atoms with Crippen molar-refractivity contribution in [2.75, 3.05) is 13.7 Å². The lowest BCUT2D eigenvalue weighted by Crippen LogP contribution is -2.23. The fourth-order valence-corrected chi connectivity index (χ4v) is 6.14. The van der Waals surface area contributed by atoms with E-state index in [4.69, 9.17) is 21.3 Å². The number of hydrogen-bond acceptors (Lipinski definition) is 6. The first-order chi connectivity index (χ1) is 16.2. The van der Waals surface area contributed by atoms with E-state index in [9.17, 15) is 0 Å². The van der Waals surface area contributed by atoms with Gasteiger partial charge in [0, 0.05) is 34.0 Å². The monoisotopic (exact) mass is 475 g/mol. The summed E-state index contributed by atoms with van der Waals surface area (Å²) in [4.78, 5) is 6.39. The summed E-state index contributed by atoms with van der Waals surface area (Å²) < 4.78 is 7.52. The Morgan fingerprint density at radius 3 is 2.79 bits per heavy atom. The lowest BCUT2D eigenvalue weighted by atomic mass is 9.96. The van der Waals surface area contributed by atoms with E-state index in [0.717, 1.165) is 58.7 Å². The van der Waals surface area contributed by atoms with E-state index in [0.29, 0.717) is 18.0 Å². The predicted molar refractivity (Wildman–Crippen MR) is 131 cm³/mol. The van der Waals surface area contributed by atoms with E-state index in [2.05, 4.69) is 38.3 Å². The number of fused-ring (bicyclic) bond motifs is 5. The second-order valence-electron chi connectivity index (χ2n) is 8.15. The van der Waals surface area contributed by atoms with Crippen molar-refractivity contribution in [2.45, 2.75) is 25.9 Å². The van der Waals surface area contributed by atoms with Gasteiger partial charge in [-0.3, -0.25) is 9.56 Å². The smallest absolute Gasteiger partial charge is 0.160 e. The number of nitrogens with zero attached hydrogens (tertiary/aromatic N) is 4. The topological polar surface area (TPSA) is 64.3 Å². The Hall–Kier alpha value is -3.00. The van der Waals surface area contributed by atoms with Crippen molar-refractivity contribution < 1.29 is 4.74 Å². The van der Waals surface area contributed by atoms with Crippen LogP contribution in [0.15, 0.2) is 53.5 Å². The molecule has 4 heterocycles. The quantitative estimate of drug-likeness (QED) is 0.469. The molecular weight excluding hydrogens is 454 g/mol. The van der Waals surface area contributed by atoms with Gasteiger partial charge in [-0.05, 0) is 42.3 Å². The highest BCUT2D eigenvalue weighted by molar-refractivity contribution is 7.15. The summed E-state index contributed by atoms with van der Waals surface area (Å²) in [6, 6.07) is 16.1. The van der Waals surface area contributed by atoms with Crippen LogP contribution in [0.25, 0.3) is 5.00 Å². The van der Waals surface area contributed by atoms with Crippen molar-refractivity contribution >= 4 is 28.6 Å². The normalized spacial score (nSPS) is 14.7. The van der Waals surface area contributed by atoms with E-state index in [1.807, 2.05) is 41.7 Å². The van der Waals surface area contributed by atoms with E-state index in [1.165, 1.54) is 16.0 Å². The van der Waals surface area contributed by atoms with Gasteiger partial charge >= 0.3 is 0 Å². The largest absolute Gasteiger partial charge is 0.497 e. The Balaban J connectivity index is 1.51. The first kappa shape index (κ1) is 20.6. The zero-order valence-electron chi connectivity index (χ0n) is 18.1. The van der Waals surface area contributed by atoms with Gasteiger partial charge in [0.2, 0.25) is 0 Å². The lowest BCUT2D eigenvalue weighted by molar-refractivity contribution is 0.414. The molecule has 2 aromatic carbocycles. The minimum absolute atomic E-state index is 0.463. The second kappa shape index (κ2) is 8.41. The van der Waals surface area contributed by atoms with E-state index < -0.39 is 0 Å². The molecule has 0 unspecified atom stereocenters. The molecule has 0 saturated heterocycles. The lowest BCUT2D eigenvalue weighted by Gasteiger charge is -2.16. The first-order valence-electron chi connectivity index (χ1n) is 10.9. The number of aromatic nitrogens is 3. The molecule has 2 aliphatic rings. The number of aliphatic imine (C=N–C) groups is 1. The predicted octanol–water partition coefficient (Wildman–Crippen LogP) is 4.58. The molecule has 166 valence electrons. The van der Waals surface area contributed by atoms with Crippen LogP contribution >= 0.6 is 22.9 Å². The second-order valence-corrected chi connectivity index (χ2v) is 9.64. The summed E-state index contributed by atoms with van der Waals surface area (Å²) in [5.74, 6) is 2.62. The molecule has 6 rings (SSSR count). The average Bonchev–Trinajstić information content (AvgIpc) is 3.37. The minimum Gasteiger partial charge on any atom is -0.497 e. The molecule has 2 aliphatic heterocycles. The number of benzene rings is 2. The summed E-state index contributed by atoms with van der Waals surface area (Å²) in [5, 5.41) is 14.5. The molecular formula is C25H22ClN5OS. The summed E-state index contributed by atoms with van der Waals surface area (Å²) in [5.41, 5.74) is 5.63. The Morgan fingerprint density at radius 1 is 1.12 bits per heavy atom. The maximum Gasteiger partial charge on any atom is 0.160 e. The molecule has 6 nitrogen and oxygen atoms in total. The third-order valence-corrected chi connectivity index (χ3v) is 7.72. The average molecular weight is 476 g/mol. The molecule has 0 bridgehead atoms. The van der Waals surface area contributed by atoms with Gasteiger partial charge in [-0.2, -0.15) is 0 Å². The molecule has 0 saturated carbocycles. The van der Waals surface area contributed by atoms with Crippen molar-refractivity contribution in [3.05, 3.63) is 92.3 Å². The van der Waals surface area contributed by atoms with Gasteiger partial charge in [-0.1, -0.05) is 41.9 Å². The number of methoxy groups -OCH3 is 1. The summed E-state index contributed by atoms with van der Waals surface area (Å²) in [6.07, 6.45) is 1.65. The number of thiophene rings is 1. The zero-order valence-corrected chi connectivity index (χ0v) is 19.7. The number of ether oxygens (including phenoxy) is 1. The molecule has 4 aromatic rings. The van der Waals surface area contributed by atoms with E-state index in [1.54, 1.807) is 7.11 Å². The molecule has 2 aromatic heterocycles. The SMILES string of the molecule is COc1ccc(Cc2nnc3n2-c2sc4c(c2C(c2ccccc2Cl)=NC3)CCNC4)cc1. The van der Waals surface area contributed by atoms with Gasteiger partial charge in [0.25, 0.3) is 0 Å². The van der Waals surface area contributed by atoms with Crippen LogP contribution in [0.1, 0.15) is 38.8 Å². The van der Waals surface area contributed by atoms with Crippen molar-refractivity contribution in [2.24, 2.45) is 4.99 Å². The highest BCUT2D eigenvalue weighted by atomic mass is 35.5. The van der Waals surface area contributed by atoms with Crippen LogP contribution in [0.2, 0.25) is 5.02 Å². The Bertz CT molecular complexity index is 1370. The maximum atomic E-state index is 6.64. The van der Waals surface area contributed by atoms with Crippen molar-refractivity contribution in [1.82, 2.24) is 20.1 Å². The highest BCUT2D eigenvalue weighted by Crippen LogP contribution is 2.39. The van der Waals surface area contributed by atoms with E-state index >= 15 is 0 Å². The number of hydrogen-bond donors (Lipinski definition) is 1. The summed E-state index contributed by atoms with van der Waals surface area (Å²) in [6.45, 7) is 2.29. The third-order valence-electron chi connectivity index (χ3n) is 6.18. The molecule has 0 spiro atoms. The van der Waals surface area contributed by atoms with Gasteiger partial charge in [0.1, 0.15) is 23.1 Å². The maximum absolute atomic E-state index is 6.64. The van der Waals surface area contributed by atoms with Gasteiger partial charge in [-0.25, -0.2) is 0 Å². The fourth-order valence-electron chi connectivity index (χ4n) is 4.55. The van der Waals surface area contributed by atoms with Gasteiger partial charge in [0.15, 0.2) is 5.82 Å². The third kappa shape index (κ3) is 3.57. The Kier molecular flexibility index (Phi) is 5.25. The van der Waals surface area contributed by atoms with E-state index in [-0.39, 0.29) is 0 Å². The van der Waals surface area contributed by atoms with Gasteiger partial charge in [-0.15, -0.1) is 21.5 Å². The van der Waals surface area contributed by atoms with Crippen LogP contribution < -0.4 is 10.1 Å². The van der Waals surface area contributed by atoms with Crippen LogP contribution in [-0.2, 0) is 25.9 Å². The molecule has 0 fully saturated rings. The molecule has 0 amide bonds. The van der Waals surface area contributed by atoms with Crippen molar-refractivity contribution in [1.29, 1.82) is 0 Å². The van der Waals surface area contributed by atoms with Crippen LogP contribution in [0.5, 0.6) is 5.75 Å². The molecule has 1 N–H and O–H groups in total. The van der Waals surface area contributed by atoms with Crippen molar-refractivity contribution in [3.63, 3.8) is 0 Å². The Morgan fingerprint density at radius 2 is 1.97 bits per heavy atom. The molecule has 8 heteroatoms. The van der Waals surface area contributed by atoms with Crippen LogP contribution in [0.3, 0.4) is 0 Å². The summed E-state index contributed by atoms with van der Waals surface area (Å²) in [7, 11) is 1.68. The molecule has 0 aliphatic carbocycles. The summed E-state index contributed by atoms with van der Waals surface area (Å²) >= 11 is 8.45. The van der Waals surface area contributed by atoms with Gasteiger partial charge < -0.3 is 10.1 Å². The van der Waals surface area contributed by atoms with Crippen LogP contribution in [0, 0.1) is 0 Å². The molecule has 0 atom stereocenters. The first-order valence-corrected chi connectivity index (χ1v) is 12.1.